The molecule has 4 aliphatic carbocycles. The zero-order valence-electron chi connectivity index (χ0n) is 25.3. The summed E-state index contributed by atoms with van der Waals surface area (Å²) in [4.78, 5) is 31.0. The topological polar surface area (TPSA) is 104 Å². The highest BCUT2D eigenvalue weighted by molar-refractivity contribution is 6.05. The first-order chi connectivity index (χ1) is 20.0. The Kier molecular flexibility index (Phi) is 7.47. The molecule has 226 valence electrons. The second kappa shape index (κ2) is 10.7. The van der Waals surface area contributed by atoms with Crippen LogP contribution in [0.5, 0.6) is 0 Å². The van der Waals surface area contributed by atoms with Crippen LogP contribution in [-0.2, 0) is 35.1 Å². The molecule has 5 aliphatic rings. The molecule has 0 amide bonds. The van der Waals surface area contributed by atoms with Gasteiger partial charge in [-0.3, -0.25) is 9.59 Å². The number of benzene rings is 1. The van der Waals surface area contributed by atoms with Crippen molar-refractivity contribution in [3.05, 3.63) is 59.2 Å². The van der Waals surface area contributed by atoms with E-state index in [2.05, 4.69) is 62.3 Å². The second-order valence-electron chi connectivity index (χ2n) is 13.4. The summed E-state index contributed by atoms with van der Waals surface area (Å²) in [5.41, 5.74) is 2.30. The van der Waals surface area contributed by atoms with E-state index in [9.17, 15) is 14.7 Å². The molecule has 1 N–H and O–H groups in total. The number of aliphatic hydroxyl groups excluding tert-OH is 1. The molecule has 42 heavy (non-hydrogen) atoms. The minimum absolute atomic E-state index is 0.00696. The van der Waals surface area contributed by atoms with E-state index in [0.717, 1.165) is 25.0 Å². The summed E-state index contributed by atoms with van der Waals surface area (Å²) in [6.07, 6.45) is 8.39. The largest absolute Gasteiger partial charge is 0.458 e. The molecule has 1 aliphatic heterocycles. The first-order valence-electron chi connectivity index (χ1n) is 15.3. The molecule has 0 radical (unpaired) electrons. The van der Waals surface area contributed by atoms with Gasteiger partial charge in [0.15, 0.2) is 18.5 Å². The van der Waals surface area contributed by atoms with Crippen LogP contribution in [0.25, 0.3) is 0 Å². The summed E-state index contributed by atoms with van der Waals surface area (Å²) in [5, 5.41) is 16.3. The van der Waals surface area contributed by atoms with Gasteiger partial charge in [-0.2, -0.15) is 0 Å². The van der Waals surface area contributed by atoms with Gasteiger partial charge in [-0.05, 0) is 69.1 Å². The molecule has 3 saturated carbocycles. The highest BCUT2D eigenvalue weighted by Crippen LogP contribution is 2.69. The molecule has 0 bridgehead atoms. The Labute approximate surface area is 248 Å². The first-order valence-corrected chi connectivity index (χ1v) is 15.3. The third kappa shape index (κ3) is 4.57. The Morgan fingerprint density at radius 3 is 2.81 bits per heavy atom. The van der Waals surface area contributed by atoms with Crippen LogP contribution in [0.15, 0.2) is 53.2 Å². The average Bonchev–Trinajstić information content (AvgIpc) is 3.39. The van der Waals surface area contributed by atoms with Crippen molar-refractivity contribution in [2.24, 2.45) is 33.7 Å². The number of rotatable bonds is 7. The predicted octanol–water partition coefficient (Wildman–Crippen LogP) is 4.86. The number of Topliss-reactive ketones (excluding diaryl/α,β-unsaturated/α-hetero) is 1. The summed E-state index contributed by atoms with van der Waals surface area (Å²) in [5.74, 6) is -0.480. The summed E-state index contributed by atoms with van der Waals surface area (Å²) in [6.45, 7) is 9.64. The number of ether oxygens (including phenoxy) is 3. The van der Waals surface area contributed by atoms with Crippen molar-refractivity contribution in [2.75, 3.05) is 13.2 Å². The maximum atomic E-state index is 13.7. The molecule has 0 spiro atoms. The third-order valence-corrected chi connectivity index (χ3v) is 10.9. The highest BCUT2D eigenvalue weighted by atomic mass is 16.7. The van der Waals surface area contributed by atoms with Crippen LogP contribution in [0.1, 0.15) is 64.5 Å². The maximum Gasteiger partial charge on any atom is 0.303 e. The Morgan fingerprint density at radius 1 is 1.24 bits per heavy atom. The van der Waals surface area contributed by atoms with Crippen LogP contribution in [0.4, 0.5) is 0 Å². The van der Waals surface area contributed by atoms with E-state index in [-0.39, 0.29) is 35.6 Å². The molecule has 4 fully saturated rings. The van der Waals surface area contributed by atoms with Crippen LogP contribution in [0, 0.1) is 35.5 Å². The Hall–Kier alpha value is -2.81. The summed E-state index contributed by atoms with van der Waals surface area (Å²) in [7, 11) is 0. The fraction of sp³-hybridized carbons (Fsp3) is 0.618. The second-order valence-corrected chi connectivity index (χ2v) is 13.4. The number of hydrogen-bond acceptors (Lipinski definition) is 8. The van der Waals surface area contributed by atoms with Crippen LogP contribution in [0.2, 0.25) is 0 Å². The average molecular weight is 578 g/mol. The lowest BCUT2D eigenvalue weighted by atomic mass is 9.46. The monoisotopic (exact) mass is 577 g/mol. The van der Waals surface area contributed by atoms with E-state index >= 15 is 0 Å². The van der Waals surface area contributed by atoms with Gasteiger partial charge in [0.05, 0.1) is 12.2 Å². The molecule has 6 rings (SSSR count). The van der Waals surface area contributed by atoms with Crippen molar-refractivity contribution in [3.63, 3.8) is 0 Å². The van der Waals surface area contributed by atoms with Crippen LogP contribution in [-0.4, -0.2) is 59.9 Å². The summed E-state index contributed by atoms with van der Waals surface area (Å²) in [6, 6.07) is 8.41. The van der Waals surface area contributed by atoms with Gasteiger partial charge in [-0.1, -0.05) is 60.5 Å². The fourth-order valence-corrected chi connectivity index (χ4v) is 9.24. The number of aliphatic hydroxyl groups is 1. The number of nitrogens with zero attached hydrogens (tertiary/aromatic N) is 1. The minimum atomic E-state index is -1.24. The molecule has 1 heterocycles. The van der Waals surface area contributed by atoms with Crippen molar-refractivity contribution in [1.29, 1.82) is 0 Å². The molecule has 1 unspecified atom stereocenters. The van der Waals surface area contributed by atoms with Crippen LogP contribution < -0.4 is 0 Å². The van der Waals surface area contributed by atoms with Gasteiger partial charge in [0.1, 0.15) is 12.3 Å². The molecule has 8 heteroatoms. The number of carbonyl (C=O) groups is 2. The molecule has 8 nitrogen and oxygen atoms in total. The van der Waals surface area contributed by atoms with Gasteiger partial charge in [0, 0.05) is 30.1 Å². The quantitative estimate of drug-likeness (QED) is 0.280. The maximum absolute atomic E-state index is 13.7. The zero-order chi connectivity index (χ0) is 29.9. The summed E-state index contributed by atoms with van der Waals surface area (Å²) >= 11 is 0. The number of allylic oxidation sites excluding steroid dienone is 4. The molecule has 1 aromatic rings. The zero-order valence-corrected chi connectivity index (χ0v) is 25.3. The van der Waals surface area contributed by atoms with Crippen molar-refractivity contribution in [1.82, 2.24) is 0 Å². The number of aryl methyl sites for hydroxylation is 1. The molecular weight excluding hydrogens is 534 g/mol. The van der Waals surface area contributed by atoms with Crippen molar-refractivity contribution < 1.29 is 33.7 Å². The van der Waals surface area contributed by atoms with Gasteiger partial charge in [-0.25, -0.2) is 0 Å². The van der Waals surface area contributed by atoms with Crippen molar-refractivity contribution in [2.45, 2.75) is 90.8 Å². The fourth-order valence-electron chi connectivity index (χ4n) is 9.24. The number of ketones is 1. The predicted molar refractivity (Wildman–Crippen MR) is 156 cm³/mol. The SMILES string of the molecule is CC(=O)OCC(=O)[C@@]12OC(C)O[C@@H]1C[C@H]1[C@@H]3CCC4=C/C(=N/OCCc5cccc(C)c5)C=C[C@]4(C)[C@H]3[C@@H](O)C[C@@]12C. The molecule has 1 saturated heterocycles. The summed E-state index contributed by atoms with van der Waals surface area (Å²) < 4.78 is 17.7. The van der Waals surface area contributed by atoms with Gasteiger partial charge < -0.3 is 24.2 Å². The van der Waals surface area contributed by atoms with Crippen LogP contribution >= 0.6 is 0 Å². The lowest BCUT2D eigenvalue weighted by molar-refractivity contribution is -0.198. The van der Waals surface area contributed by atoms with Crippen molar-refractivity contribution >= 4 is 17.5 Å². The minimum Gasteiger partial charge on any atom is -0.458 e. The Bertz CT molecular complexity index is 1350. The lowest BCUT2D eigenvalue weighted by Crippen LogP contribution is -2.63. The van der Waals surface area contributed by atoms with E-state index in [0.29, 0.717) is 19.4 Å². The van der Waals surface area contributed by atoms with Gasteiger partial charge in [0.25, 0.3) is 0 Å². The normalized spacial score (nSPS) is 40.9. The van der Waals surface area contributed by atoms with Gasteiger partial charge in [0.2, 0.25) is 5.78 Å². The molecular formula is C34H43NO7. The standard InChI is InChI=1S/C34H43NO7/c1-20-7-6-8-23(15-20)12-14-40-35-25-11-13-32(4)24(16-25)9-10-26-27-17-30-34(42-22(3)41-30,29(38)19-39-21(2)36)33(27,5)18-28(37)31(26)32/h6-8,11,13,15-16,22,26-28,30-31,37H,9-10,12,14,17-19H2,1-5H3/b35-25+/t22?,26-,27-,28-,30+,31+,32-,33-,34+/m0/s1. The number of esters is 1. The number of fused-ring (bicyclic) bond motifs is 7. The highest BCUT2D eigenvalue weighted by Gasteiger charge is 2.75. The van der Waals surface area contributed by atoms with E-state index in [1.165, 1.54) is 23.6 Å². The number of oxime groups is 1. The van der Waals surface area contributed by atoms with Gasteiger partial charge >= 0.3 is 5.97 Å². The van der Waals surface area contributed by atoms with Crippen molar-refractivity contribution in [3.8, 4) is 0 Å². The Morgan fingerprint density at radius 2 is 2.05 bits per heavy atom. The van der Waals surface area contributed by atoms with E-state index in [4.69, 9.17) is 19.0 Å². The lowest BCUT2D eigenvalue weighted by Gasteiger charge is -2.59. The Balaban J connectivity index is 1.21. The molecule has 9 atom stereocenters. The van der Waals surface area contributed by atoms with E-state index in [1.54, 1.807) is 6.92 Å². The van der Waals surface area contributed by atoms with Gasteiger partial charge in [-0.15, -0.1) is 0 Å². The van der Waals surface area contributed by atoms with Crippen LogP contribution in [0.3, 0.4) is 0 Å². The molecule has 1 aromatic carbocycles. The number of hydrogen-bond donors (Lipinski definition) is 1. The van der Waals surface area contributed by atoms with E-state index < -0.39 is 35.5 Å². The molecule has 0 aromatic heterocycles. The van der Waals surface area contributed by atoms with E-state index in [1.807, 2.05) is 6.08 Å². The third-order valence-electron chi connectivity index (χ3n) is 10.9. The first kappa shape index (κ1) is 29.3. The number of carbonyl (C=O) groups excluding carboxylic acids is 2. The smallest absolute Gasteiger partial charge is 0.303 e.